The lowest BCUT2D eigenvalue weighted by atomic mass is 10.1. The van der Waals surface area contributed by atoms with Gasteiger partial charge in [0.25, 0.3) is 0 Å². The molecule has 1 heterocycles. The Kier molecular flexibility index (Phi) is 2.63. The van der Waals surface area contributed by atoms with E-state index in [4.69, 9.17) is 0 Å². The van der Waals surface area contributed by atoms with Gasteiger partial charge in [-0.3, -0.25) is 0 Å². The van der Waals surface area contributed by atoms with Crippen molar-refractivity contribution in [2.24, 2.45) is 0 Å². The van der Waals surface area contributed by atoms with Gasteiger partial charge in [-0.15, -0.1) is 0 Å². The molecule has 0 aromatic carbocycles. The van der Waals surface area contributed by atoms with Crippen molar-refractivity contribution in [1.29, 1.82) is 0 Å². The molecule has 1 saturated carbocycles. The average Bonchev–Trinajstić information content (AvgIpc) is 2.53. The van der Waals surface area contributed by atoms with Crippen molar-refractivity contribution in [2.45, 2.75) is 38.5 Å². The Morgan fingerprint density at radius 1 is 1.31 bits per heavy atom. The van der Waals surface area contributed by atoms with Gasteiger partial charge in [0.1, 0.15) is 10.4 Å². The molecule has 70 valence electrons. The van der Waals surface area contributed by atoms with Gasteiger partial charge < -0.3 is 0 Å². The first-order valence-electron chi connectivity index (χ1n) is 4.77. The fraction of sp³-hybridized carbons (Fsp3) is 0.600. The predicted octanol–water partition coefficient (Wildman–Crippen LogP) is 3.21. The van der Waals surface area contributed by atoms with E-state index in [1.807, 2.05) is 13.0 Å². The lowest BCUT2D eigenvalue weighted by Crippen LogP contribution is -2.01. The second kappa shape index (κ2) is 3.74. The molecule has 0 saturated heterocycles. The normalized spacial score (nSPS) is 18.0. The van der Waals surface area contributed by atoms with Crippen LogP contribution in [0.3, 0.4) is 0 Å². The zero-order valence-electron chi connectivity index (χ0n) is 7.76. The third-order valence-electron chi connectivity index (χ3n) is 2.56. The second-order valence-electron chi connectivity index (χ2n) is 3.67. The largest absolute Gasteiger partial charge is 0.238 e. The van der Waals surface area contributed by atoms with Crippen LogP contribution in [0.5, 0.6) is 0 Å². The SMILES string of the molecule is Cc1cc(Br)nc(C2CCCC2)n1. The Hall–Kier alpha value is -0.440. The summed E-state index contributed by atoms with van der Waals surface area (Å²) < 4.78 is 0.918. The minimum Gasteiger partial charge on any atom is -0.238 e. The maximum absolute atomic E-state index is 4.47. The Bertz CT molecular complexity index is 286. The third-order valence-corrected chi connectivity index (χ3v) is 2.97. The van der Waals surface area contributed by atoms with E-state index in [9.17, 15) is 0 Å². The molecule has 2 rings (SSSR count). The van der Waals surface area contributed by atoms with Gasteiger partial charge in [-0.05, 0) is 41.8 Å². The molecule has 0 atom stereocenters. The first kappa shape index (κ1) is 9.13. The standard InChI is InChI=1S/C10H13BrN2/c1-7-6-9(11)13-10(12-7)8-4-2-3-5-8/h6,8H,2-5H2,1H3. The molecule has 0 spiro atoms. The van der Waals surface area contributed by atoms with E-state index in [-0.39, 0.29) is 0 Å². The van der Waals surface area contributed by atoms with Crippen LogP contribution < -0.4 is 0 Å². The number of hydrogen-bond donors (Lipinski definition) is 0. The van der Waals surface area contributed by atoms with Gasteiger partial charge in [-0.1, -0.05) is 12.8 Å². The van der Waals surface area contributed by atoms with E-state index < -0.39 is 0 Å². The molecule has 1 fully saturated rings. The van der Waals surface area contributed by atoms with Crippen molar-refractivity contribution in [2.75, 3.05) is 0 Å². The minimum atomic E-state index is 0.608. The zero-order chi connectivity index (χ0) is 9.26. The van der Waals surface area contributed by atoms with Crippen molar-refractivity contribution in [3.63, 3.8) is 0 Å². The van der Waals surface area contributed by atoms with Gasteiger partial charge >= 0.3 is 0 Å². The van der Waals surface area contributed by atoms with Gasteiger partial charge in [0.2, 0.25) is 0 Å². The Morgan fingerprint density at radius 3 is 2.62 bits per heavy atom. The van der Waals surface area contributed by atoms with E-state index in [1.165, 1.54) is 25.7 Å². The van der Waals surface area contributed by atoms with Crippen LogP contribution in [0.4, 0.5) is 0 Å². The maximum atomic E-state index is 4.47. The summed E-state index contributed by atoms with van der Waals surface area (Å²) in [6.07, 6.45) is 5.19. The highest BCUT2D eigenvalue weighted by molar-refractivity contribution is 9.10. The van der Waals surface area contributed by atoms with Crippen LogP contribution in [0, 0.1) is 6.92 Å². The van der Waals surface area contributed by atoms with Crippen LogP contribution in [0.15, 0.2) is 10.7 Å². The summed E-state index contributed by atoms with van der Waals surface area (Å²) in [5.41, 5.74) is 1.06. The summed E-state index contributed by atoms with van der Waals surface area (Å²) in [6, 6.07) is 1.96. The quantitative estimate of drug-likeness (QED) is 0.705. The molecule has 0 bridgehead atoms. The fourth-order valence-electron chi connectivity index (χ4n) is 1.92. The summed E-state index contributed by atoms with van der Waals surface area (Å²) >= 11 is 3.41. The molecule has 13 heavy (non-hydrogen) atoms. The molecule has 1 aliphatic carbocycles. The number of aryl methyl sites for hydroxylation is 1. The topological polar surface area (TPSA) is 25.8 Å². The lowest BCUT2D eigenvalue weighted by molar-refractivity contribution is 0.661. The van der Waals surface area contributed by atoms with Gasteiger partial charge in [0.15, 0.2) is 0 Å². The van der Waals surface area contributed by atoms with Crippen LogP contribution in [-0.4, -0.2) is 9.97 Å². The highest BCUT2D eigenvalue weighted by Crippen LogP contribution is 2.32. The lowest BCUT2D eigenvalue weighted by Gasteiger charge is -2.07. The second-order valence-corrected chi connectivity index (χ2v) is 4.48. The Labute approximate surface area is 86.9 Å². The van der Waals surface area contributed by atoms with E-state index in [2.05, 4.69) is 25.9 Å². The van der Waals surface area contributed by atoms with Crippen LogP contribution >= 0.6 is 15.9 Å². The van der Waals surface area contributed by atoms with E-state index >= 15 is 0 Å². The molecule has 0 amide bonds. The Morgan fingerprint density at radius 2 is 2.00 bits per heavy atom. The molecule has 0 unspecified atom stereocenters. The van der Waals surface area contributed by atoms with Crippen LogP contribution in [0.1, 0.15) is 43.1 Å². The van der Waals surface area contributed by atoms with Crippen LogP contribution in [0.2, 0.25) is 0 Å². The number of aromatic nitrogens is 2. The molecule has 1 aromatic heterocycles. The highest BCUT2D eigenvalue weighted by Gasteiger charge is 2.19. The van der Waals surface area contributed by atoms with Crippen molar-refractivity contribution in [1.82, 2.24) is 9.97 Å². The maximum Gasteiger partial charge on any atom is 0.132 e. The molecule has 0 radical (unpaired) electrons. The van der Waals surface area contributed by atoms with Crippen LogP contribution in [0.25, 0.3) is 0 Å². The van der Waals surface area contributed by atoms with Crippen molar-refractivity contribution >= 4 is 15.9 Å². The molecule has 2 nitrogen and oxygen atoms in total. The van der Waals surface area contributed by atoms with Gasteiger partial charge in [0, 0.05) is 11.6 Å². The molecule has 0 aliphatic heterocycles. The number of hydrogen-bond acceptors (Lipinski definition) is 2. The molecule has 0 N–H and O–H groups in total. The van der Waals surface area contributed by atoms with Gasteiger partial charge in [-0.2, -0.15) is 0 Å². The minimum absolute atomic E-state index is 0.608. The molecule has 1 aliphatic rings. The third kappa shape index (κ3) is 2.08. The average molecular weight is 241 g/mol. The summed E-state index contributed by atoms with van der Waals surface area (Å²) in [6.45, 7) is 2.02. The Balaban J connectivity index is 2.28. The number of halogens is 1. The molecular weight excluding hydrogens is 228 g/mol. The van der Waals surface area contributed by atoms with E-state index in [1.54, 1.807) is 0 Å². The fourth-order valence-corrected chi connectivity index (χ4v) is 2.43. The summed E-state index contributed by atoms with van der Waals surface area (Å²) in [7, 11) is 0. The van der Waals surface area contributed by atoms with E-state index in [0.29, 0.717) is 5.92 Å². The van der Waals surface area contributed by atoms with E-state index in [0.717, 1.165) is 16.1 Å². The van der Waals surface area contributed by atoms with Crippen molar-refractivity contribution in [3.05, 3.63) is 22.2 Å². The zero-order valence-corrected chi connectivity index (χ0v) is 9.34. The van der Waals surface area contributed by atoms with Crippen LogP contribution in [-0.2, 0) is 0 Å². The summed E-state index contributed by atoms with van der Waals surface area (Å²) in [5, 5.41) is 0. The van der Waals surface area contributed by atoms with Crippen molar-refractivity contribution < 1.29 is 0 Å². The highest BCUT2D eigenvalue weighted by atomic mass is 79.9. The molecule has 1 aromatic rings. The first-order valence-corrected chi connectivity index (χ1v) is 5.56. The molecular formula is C10H13BrN2. The van der Waals surface area contributed by atoms with Gasteiger partial charge in [0.05, 0.1) is 0 Å². The van der Waals surface area contributed by atoms with Gasteiger partial charge in [-0.25, -0.2) is 9.97 Å². The number of nitrogens with zero attached hydrogens (tertiary/aromatic N) is 2. The molecule has 3 heteroatoms. The monoisotopic (exact) mass is 240 g/mol. The predicted molar refractivity (Wildman–Crippen MR) is 55.7 cm³/mol. The smallest absolute Gasteiger partial charge is 0.132 e. The number of rotatable bonds is 1. The summed E-state index contributed by atoms with van der Waals surface area (Å²) in [4.78, 5) is 8.90. The first-order chi connectivity index (χ1) is 6.25. The van der Waals surface area contributed by atoms with Crippen molar-refractivity contribution in [3.8, 4) is 0 Å². The summed E-state index contributed by atoms with van der Waals surface area (Å²) in [5.74, 6) is 1.64.